The van der Waals surface area contributed by atoms with Gasteiger partial charge in [0.25, 0.3) is 10.2 Å². The Hall–Kier alpha value is -0.950. The third-order valence-corrected chi connectivity index (χ3v) is 4.58. The van der Waals surface area contributed by atoms with E-state index in [4.69, 9.17) is 0 Å². The van der Waals surface area contributed by atoms with Gasteiger partial charge in [-0.25, -0.2) is 0 Å². The van der Waals surface area contributed by atoms with Crippen LogP contribution in [0.1, 0.15) is 24.5 Å². The zero-order chi connectivity index (χ0) is 15.0. The molecule has 1 aromatic rings. The summed E-state index contributed by atoms with van der Waals surface area (Å²) in [6.07, 6.45) is 0.801. The smallest absolute Gasteiger partial charge is 0.279 e. The van der Waals surface area contributed by atoms with E-state index in [1.807, 2.05) is 38.1 Å². The van der Waals surface area contributed by atoms with Crippen LogP contribution in [0.15, 0.2) is 24.3 Å². The maximum absolute atomic E-state index is 12.0. The first-order valence-corrected chi connectivity index (χ1v) is 8.37. The molecule has 114 valence electrons. The second-order valence-corrected chi connectivity index (χ2v) is 6.70. The number of nitrogens with one attached hydrogen (secondary N) is 2. The third-order valence-electron chi connectivity index (χ3n) is 3.07. The molecule has 0 radical (unpaired) electrons. The number of aryl methyl sites for hydroxylation is 1. The van der Waals surface area contributed by atoms with Crippen LogP contribution in [0.25, 0.3) is 0 Å². The van der Waals surface area contributed by atoms with Gasteiger partial charge in [0.1, 0.15) is 0 Å². The highest BCUT2D eigenvalue weighted by atomic mass is 32.2. The van der Waals surface area contributed by atoms with Gasteiger partial charge in [-0.3, -0.25) is 0 Å². The van der Waals surface area contributed by atoms with Crippen molar-refractivity contribution >= 4 is 10.2 Å². The van der Waals surface area contributed by atoms with Gasteiger partial charge in [0, 0.05) is 20.1 Å². The number of hydrogen-bond donors (Lipinski definition) is 2. The van der Waals surface area contributed by atoms with E-state index in [0.717, 1.165) is 30.6 Å². The van der Waals surface area contributed by atoms with Gasteiger partial charge >= 0.3 is 0 Å². The first-order chi connectivity index (χ1) is 9.45. The summed E-state index contributed by atoms with van der Waals surface area (Å²) in [5, 5.41) is 3.18. The van der Waals surface area contributed by atoms with Crippen LogP contribution < -0.4 is 10.0 Å². The van der Waals surface area contributed by atoms with Crippen molar-refractivity contribution in [1.82, 2.24) is 14.3 Å². The molecule has 0 saturated carbocycles. The molecule has 20 heavy (non-hydrogen) atoms. The Morgan fingerprint density at radius 3 is 2.45 bits per heavy atom. The lowest BCUT2D eigenvalue weighted by Gasteiger charge is -2.17. The van der Waals surface area contributed by atoms with Gasteiger partial charge in [-0.2, -0.15) is 17.4 Å². The van der Waals surface area contributed by atoms with E-state index in [1.54, 1.807) is 7.05 Å². The molecule has 0 aliphatic heterocycles. The van der Waals surface area contributed by atoms with Crippen LogP contribution in [0.2, 0.25) is 0 Å². The van der Waals surface area contributed by atoms with Crippen molar-refractivity contribution in [3.8, 4) is 0 Å². The van der Waals surface area contributed by atoms with E-state index in [-0.39, 0.29) is 0 Å². The van der Waals surface area contributed by atoms with E-state index in [2.05, 4.69) is 10.0 Å². The normalized spacial score (nSPS) is 12.0. The Morgan fingerprint density at radius 2 is 1.85 bits per heavy atom. The van der Waals surface area contributed by atoms with E-state index < -0.39 is 10.2 Å². The van der Waals surface area contributed by atoms with Crippen LogP contribution in [0.5, 0.6) is 0 Å². The largest absolute Gasteiger partial charge is 0.317 e. The zero-order valence-electron chi connectivity index (χ0n) is 12.5. The molecule has 0 saturated heterocycles. The summed E-state index contributed by atoms with van der Waals surface area (Å²) in [6.45, 7) is 6.60. The zero-order valence-corrected chi connectivity index (χ0v) is 13.3. The van der Waals surface area contributed by atoms with Gasteiger partial charge in [-0.1, -0.05) is 36.8 Å². The summed E-state index contributed by atoms with van der Waals surface area (Å²) >= 11 is 0. The lowest BCUT2D eigenvalue weighted by atomic mass is 10.2. The Morgan fingerprint density at radius 1 is 1.20 bits per heavy atom. The van der Waals surface area contributed by atoms with Crippen molar-refractivity contribution in [2.24, 2.45) is 0 Å². The van der Waals surface area contributed by atoms with Crippen LogP contribution in [0.4, 0.5) is 0 Å². The van der Waals surface area contributed by atoms with Crippen molar-refractivity contribution in [1.29, 1.82) is 0 Å². The van der Waals surface area contributed by atoms with E-state index in [0.29, 0.717) is 13.1 Å². The molecule has 6 heteroatoms. The quantitative estimate of drug-likeness (QED) is 0.675. The molecule has 5 nitrogen and oxygen atoms in total. The fourth-order valence-electron chi connectivity index (χ4n) is 1.71. The van der Waals surface area contributed by atoms with Crippen LogP contribution in [0, 0.1) is 6.92 Å². The van der Waals surface area contributed by atoms with E-state index in [1.165, 1.54) is 4.31 Å². The van der Waals surface area contributed by atoms with Gasteiger partial charge < -0.3 is 5.32 Å². The molecule has 1 aromatic carbocycles. The van der Waals surface area contributed by atoms with Crippen LogP contribution in [-0.4, -0.2) is 39.4 Å². The molecular formula is C14H25N3O2S. The van der Waals surface area contributed by atoms with Gasteiger partial charge in [0.05, 0.1) is 0 Å². The predicted octanol–water partition coefficient (Wildman–Crippen LogP) is 1.26. The lowest BCUT2D eigenvalue weighted by Crippen LogP contribution is -2.39. The predicted molar refractivity (Wildman–Crippen MR) is 82.7 cm³/mol. The first kappa shape index (κ1) is 17.1. The Labute approximate surface area is 122 Å². The SMILES string of the molecule is CCNCCCN(C)S(=O)(=O)NCc1ccc(C)cc1. The third kappa shape index (κ3) is 6.00. The van der Waals surface area contributed by atoms with Crippen LogP contribution in [-0.2, 0) is 16.8 Å². The lowest BCUT2D eigenvalue weighted by molar-refractivity contribution is 0.445. The highest BCUT2D eigenvalue weighted by molar-refractivity contribution is 7.87. The molecule has 0 fully saturated rings. The minimum atomic E-state index is -3.40. The molecule has 0 bridgehead atoms. The standard InChI is InChI=1S/C14H25N3O2S/c1-4-15-10-5-11-17(3)20(18,19)16-12-14-8-6-13(2)7-9-14/h6-9,15-16H,4-5,10-12H2,1-3H3. The summed E-state index contributed by atoms with van der Waals surface area (Å²) < 4.78 is 28.0. The minimum absolute atomic E-state index is 0.320. The highest BCUT2D eigenvalue weighted by Crippen LogP contribution is 2.04. The second-order valence-electron chi connectivity index (χ2n) is 4.84. The summed E-state index contributed by atoms with van der Waals surface area (Å²) in [7, 11) is -1.80. The van der Waals surface area contributed by atoms with Crippen LogP contribution >= 0.6 is 0 Å². The van der Waals surface area contributed by atoms with E-state index >= 15 is 0 Å². The van der Waals surface area contributed by atoms with Gasteiger partial charge in [-0.05, 0) is 32.0 Å². The average Bonchev–Trinajstić information content (AvgIpc) is 2.43. The van der Waals surface area contributed by atoms with Crippen molar-refractivity contribution in [3.63, 3.8) is 0 Å². The molecule has 0 atom stereocenters. The molecule has 0 aliphatic rings. The Balaban J connectivity index is 2.42. The summed E-state index contributed by atoms with van der Waals surface area (Å²) in [4.78, 5) is 0. The average molecular weight is 299 g/mol. The Kier molecular flexibility index (Phi) is 7.15. The van der Waals surface area contributed by atoms with Crippen LogP contribution in [0.3, 0.4) is 0 Å². The molecule has 2 N–H and O–H groups in total. The molecule has 0 aromatic heterocycles. The molecule has 0 amide bonds. The number of rotatable bonds is 9. The number of benzene rings is 1. The fourth-order valence-corrected chi connectivity index (χ4v) is 2.65. The highest BCUT2D eigenvalue weighted by Gasteiger charge is 2.16. The van der Waals surface area contributed by atoms with Crippen molar-refractivity contribution < 1.29 is 8.42 Å². The van der Waals surface area contributed by atoms with E-state index in [9.17, 15) is 8.42 Å². The van der Waals surface area contributed by atoms with Gasteiger partial charge in [0.2, 0.25) is 0 Å². The maximum atomic E-state index is 12.0. The fraction of sp³-hybridized carbons (Fsp3) is 0.571. The summed E-state index contributed by atoms with van der Waals surface area (Å²) in [5.74, 6) is 0. The monoisotopic (exact) mass is 299 g/mol. The molecule has 0 aliphatic carbocycles. The van der Waals surface area contributed by atoms with Crippen molar-refractivity contribution in [2.75, 3.05) is 26.7 Å². The minimum Gasteiger partial charge on any atom is -0.317 e. The number of hydrogen-bond acceptors (Lipinski definition) is 3. The Bertz CT molecular complexity index is 486. The molecule has 0 spiro atoms. The van der Waals surface area contributed by atoms with Gasteiger partial charge in [-0.15, -0.1) is 0 Å². The second kappa shape index (κ2) is 8.36. The summed E-state index contributed by atoms with van der Waals surface area (Å²) in [6, 6.07) is 7.82. The summed E-state index contributed by atoms with van der Waals surface area (Å²) in [5.41, 5.74) is 2.12. The molecular weight excluding hydrogens is 274 g/mol. The topological polar surface area (TPSA) is 61.4 Å². The van der Waals surface area contributed by atoms with Crippen molar-refractivity contribution in [2.45, 2.75) is 26.8 Å². The van der Waals surface area contributed by atoms with Gasteiger partial charge in [0.15, 0.2) is 0 Å². The first-order valence-electron chi connectivity index (χ1n) is 6.93. The molecule has 0 heterocycles. The van der Waals surface area contributed by atoms with Crippen molar-refractivity contribution in [3.05, 3.63) is 35.4 Å². The number of nitrogens with zero attached hydrogens (tertiary/aromatic N) is 1. The molecule has 1 rings (SSSR count). The maximum Gasteiger partial charge on any atom is 0.279 e. The molecule has 0 unspecified atom stereocenters.